The number of nitrogens with zero attached hydrogens (tertiary/aromatic N) is 3. The Kier molecular flexibility index (Phi) is 5.51. The molecule has 21 heavy (non-hydrogen) atoms. The number of hydrogen-bond donors (Lipinski definition) is 2. The van der Waals surface area contributed by atoms with Crippen molar-refractivity contribution in [3.63, 3.8) is 0 Å². The van der Waals surface area contributed by atoms with Crippen LogP contribution in [0.1, 0.15) is 55.3 Å². The molecule has 1 aromatic rings. The SMILES string of the molecule is Cc1nnc(NCCC[C@@H]2CCCC[C@@H]2O)c(C#N)c1C. The van der Waals surface area contributed by atoms with Crippen LogP contribution in [0, 0.1) is 31.1 Å². The Morgan fingerprint density at radius 3 is 2.76 bits per heavy atom. The van der Waals surface area contributed by atoms with Crippen LogP contribution in [-0.4, -0.2) is 28.0 Å². The Morgan fingerprint density at radius 1 is 1.29 bits per heavy atom. The molecule has 1 aliphatic carbocycles. The topological polar surface area (TPSA) is 81.8 Å². The van der Waals surface area contributed by atoms with Gasteiger partial charge in [-0.25, -0.2) is 0 Å². The molecule has 1 aromatic heterocycles. The van der Waals surface area contributed by atoms with Gasteiger partial charge in [-0.2, -0.15) is 10.4 Å². The fraction of sp³-hybridized carbons (Fsp3) is 0.688. The Labute approximate surface area is 126 Å². The number of aryl methyl sites for hydroxylation is 1. The highest BCUT2D eigenvalue weighted by Gasteiger charge is 2.22. The van der Waals surface area contributed by atoms with E-state index in [0.29, 0.717) is 17.3 Å². The van der Waals surface area contributed by atoms with Gasteiger partial charge in [-0.15, -0.1) is 5.10 Å². The number of rotatable bonds is 5. The highest BCUT2D eigenvalue weighted by molar-refractivity contribution is 5.55. The number of nitriles is 1. The summed E-state index contributed by atoms with van der Waals surface area (Å²) in [5, 5.41) is 30.5. The zero-order chi connectivity index (χ0) is 15.2. The van der Waals surface area contributed by atoms with E-state index >= 15 is 0 Å². The molecule has 2 N–H and O–H groups in total. The van der Waals surface area contributed by atoms with Crippen molar-refractivity contribution in [3.05, 3.63) is 16.8 Å². The maximum atomic E-state index is 9.95. The summed E-state index contributed by atoms with van der Waals surface area (Å²) in [6.45, 7) is 4.51. The molecule has 2 rings (SSSR count). The third-order valence-electron chi connectivity index (χ3n) is 4.48. The molecule has 1 saturated carbocycles. The summed E-state index contributed by atoms with van der Waals surface area (Å²) in [6, 6.07) is 2.20. The quantitative estimate of drug-likeness (QED) is 0.814. The van der Waals surface area contributed by atoms with Crippen LogP contribution < -0.4 is 5.32 Å². The van der Waals surface area contributed by atoms with Gasteiger partial charge in [0.25, 0.3) is 0 Å². The van der Waals surface area contributed by atoms with E-state index in [2.05, 4.69) is 21.6 Å². The lowest BCUT2D eigenvalue weighted by atomic mass is 9.83. The first-order valence-electron chi connectivity index (χ1n) is 7.79. The van der Waals surface area contributed by atoms with Gasteiger partial charge in [0, 0.05) is 6.54 Å². The van der Waals surface area contributed by atoms with Gasteiger partial charge in [0.05, 0.1) is 11.8 Å². The minimum Gasteiger partial charge on any atom is -0.393 e. The molecule has 0 bridgehead atoms. The molecule has 1 fully saturated rings. The molecule has 0 aliphatic heterocycles. The van der Waals surface area contributed by atoms with Crippen LogP contribution in [0.5, 0.6) is 0 Å². The lowest BCUT2D eigenvalue weighted by Crippen LogP contribution is -2.24. The van der Waals surface area contributed by atoms with Gasteiger partial charge in [-0.3, -0.25) is 0 Å². The third-order valence-corrected chi connectivity index (χ3v) is 4.48. The average Bonchev–Trinajstić information content (AvgIpc) is 2.49. The molecule has 0 aromatic carbocycles. The van der Waals surface area contributed by atoms with E-state index in [1.807, 2.05) is 13.8 Å². The highest BCUT2D eigenvalue weighted by atomic mass is 16.3. The van der Waals surface area contributed by atoms with Crippen molar-refractivity contribution in [1.82, 2.24) is 10.2 Å². The maximum absolute atomic E-state index is 9.95. The fourth-order valence-corrected chi connectivity index (χ4v) is 2.96. The first-order valence-corrected chi connectivity index (χ1v) is 7.79. The second-order valence-corrected chi connectivity index (χ2v) is 5.93. The molecule has 0 amide bonds. The van der Waals surface area contributed by atoms with Crippen molar-refractivity contribution in [2.45, 2.75) is 58.5 Å². The number of hydrogen-bond acceptors (Lipinski definition) is 5. The highest BCUT2D eigenvalue weighted by Crippen LogP contribution is 2.28. The normalized spacial score (nSPS) is 21.8. The molecular weight excluding hydrogens is 264 g/mol. The number of aliphatic hydroxyl groups excluding tert-OH is 1. The van der Waals surface area contributed by atoms with Gasteiger partial charge in [0.1, 0.15) is 11.6 Å². The smallest absolute Gasteiger partial charge is 0.166 e. The molecular formula is C16H24N4O. The number of anilines is 1. The number of aliphatic hydroxyl groups is 1. The standard InChI is InChI=1S/C16H24N4O/c1-11-12(2)19-20-16(14(11)10-17)18-9-5-7-13-6-3-4-8-15(13)21/h13,15,21H,3-9H2,1-2H3,(H,18,20)/t13-,15-/m0/s1. The van der Waals surface area contributed by atoms with E-state index in [-0.39, 0.29) is 6.10 Å². The molecule has 114 valence electrons. The van der Waals surface area contributed by atoms with Gasteiger partial charge >= 0.3 is 0 Å². The van der Waals surface area contributed by atoms with Crippen LogP contribution in [-0.2, 0) is 0 Å². The molecule has 5 heteroatoms. The molecule has 0 unspecified atom stereocenters. The number of aromatic nitrogens is 2. The maximum Gasteiger partial charge on any atom is 0.166 e. The zero-order valence-corrected chi connectivity index (χ0v) is 12.9. The molecule has 0 radical (unpaired) electrons. The Bertz CT molecular complexity index is 524. The summed E-state index contributed by atoms with van der Waals surface area (Å²) in [5.41, 5.74) is 2.26. The third kappa shape index (κ3) is 3.92. The average molecular weight is 288 g/mol. The van der Waals surface area contributed by atoms with Crippen molar-refractivity contribution in [1.29, 1.82) is 5.26 Å². The van der Waals surface area contributed by atoms with Crippen molar-refractivity contribution >= 4 is 5.82 Å². The van der Waals surface area contributed by atoms with Gasteiger partial charge in [0.2, 0.25) is 0 Å². The predicted octanol–water partition coefficient (Wildman–Crippen LogP) is 2.71. The van der Waals surface area contributed by atoms with E-state index < -0.39 is 0 Å². The van der Waals surface area contributed by atoms with Crippen molar-refractivity contribution in [2.75, 3.05) is 11.9 Å². The van der Waals surface area contributed by atoms with Gasteiger partial charge in [-0.1, -0.05) is 12.8 Å². The molecule has 1 aliphatic rings. The second-order valence-electron chi connectivity index (χ2n) is 5.93. The summed E-state index contributed by atoms with van der Waals surface area (Å²) in [4.78, 5) is 0. The molecule has 1 heterocycles. The van der Waals surface area contributed by atoms with E-state index in [9.17, 15) is 10.4 Å². The summed E-state index contributed by atoms with van der Waals surface area (Å²) in [6.07, 6.45) is 6.33. The van der Waals surface area contributed by atoms with E-state index in [4.69, 9.17) is 0 Å². The Hall–Kier alpha value is -1.67. The second kappa shape index (κ2) is 7.37. The predicted molar refractivity (Wildman–Crippen MR) is 81.9 cm³/mol. The van der Waals surface area contributed by atoms with E-state index in [0.717, 1.165) is 49.9 Å². The van der Waals surface area contributed by atoms with Crippen LogP contribution in [0.2, 0.25) is 0 Å². The monoisotopic (exact) mass is 288 g/mol. The molecule has 0 saturated heterocycles. The van der Waals surface area contributed by atoms with E-state index in [1.54, 1.807) is 0 Å². The summed E-state index contributed by atoms with van der Waals surface area (Å²) >= 11 is 0. The zero-order valence-electron chi connectivity index (χ0n) is 12.9. The summed E-state index contributed by atoms with van der Waals surface area (Å²) in [5.74, 6) is 1.01. The van der Waals surface area contributed by atoms with Crippen molar-refractivity contribution in [2.24, 2.45) is 5.92 Å². The molecule has 0 spiro atoms. The fourth-order valence-electron chi connectivity index (χ4n) is 2.96. The molecule has 5 nitrogen and oxygen atoms in total. The van der Waals surface area contributed by atoms with Gasteiger partial charge in [0.15, 0.2) is 5.82 Å². The van der Waals surface area contributed by atoms with Crippen LogP contribution in [0.3, 0.4) is 0 Å². The van der Waals surface area contributed by atoms with Crippen LogP contribution in [0.4, 0.5) is 5.82 Å². The molecule has 2 atom stereocenters. The van der Waals surface area contributed by atoms with Crippen LogP contribution >= 0.6 is 0 Å². The van der Waals surface area contributed by atoms with Gasteiger partial charge < -0.3 is 10.4 Å². The largest absolute Gasteiger partial charge is 0.393 e. The summed E-state index contributed by atoms with van der Waals surface area (Å²) in [7, 11) is 0. The Morgan fingerprint density at radius 2 is 2.05 bits per heavy atom. The van der Waals surface area contributed by atoms with E-state index in [1.165, 1.54) is 6.42 Å². The number of nitrogens with one attached hydrogen (secondary N) is 1. The first-order chi connectivity index (χ1) is 10.1. The van der Waals surface area contributed by atoms with Crippen molar-refractivity contribution < 1.29 is 5.11 Å². The first kappa shape index (κ1) is 15.7. The summed E-state index contributed by atoms with van der Waals surface area (Å²) < 4.78 is 0. The van der Waals surface area contributed by atoms with Crippen LogP contribution in [0.25, 0.3) is 0 Å². The minimum absolute atomic E-state index is 0.130. The minimum atomic E-state index is -0.130. The van der Waals surface area contributed by atoms with Gasteiger partial charge in [-0.05, 0) is 51.0 Å². The lowest BCUT2D eigenvalue weighted by molar-refractivity contribution is 0.0648. The van der Waals surface area contributed by atoms with Crippen LogP contribution in [0.15, 0.2) is 0 Å². The Balaban J connectivity index is 1.84. The van der Waals surface area contributed by atoms with Crippen molar-refractivity contribution in [3.8, 4) is 6.07 Å². The lowest BCUT2D eigenvalue weighted by Gasteiger charge is -2.27.